The lowest BCUT2D eigenvalue weighted by Gasteiger charge is -2.34. The molecule has 0 aromatic heterocycles. The van der Waals surface area contributed by atoms with E-state index in [4.69, 9.17) is 4.74 Å². The first kappa shape index (κ1) is 9.48. The Morgan fingerprint density at radius 1 is 1.58 bits per heavy atom. The molecule has 12 heavy (non-hydrogen) atoms. The summed E-state index contributed by atoms with van der Waals surface area (Å²) in [5, 5.41) is 5.70. The lowest BCUT2D eigenvalue weighted by atomic mass is 9.89. The van der Waals surface area contributed by atoms with Gasteiger partial charge in [-0.3, -0.25) is 4.79 Å². The van der Waals surface area contributed by atoms with Crippen molar-refractivity contribution >= 4 is 5.91 Å². The molecule has 70 valence electrons. The Kier molecular flexibility index (Phi) is 3.49. The zero-order valence-corrected chi connectivity index (χ0v) is 7.59. The highest BCUT2D eigenvalue weighted by Gasteiger charge is 2.29. The Morgan fingerprint density at radius 2 is 2.25 bits per heavy atom. The fraction of sp³-hybridized carbons (Fsp3) is 0.875. The van der Waals surface area contributed by atoms with Gasteiger partial charge in [0.2, 0.25) is 5.91 Å². The molecule has 0 aromatic rings. The second kappa shape index (κ2) is 4.42. The third kappa shape index (κ3) is 2.46. The number of ether oxygens (including phenoxy) is 1. The van der Waals surface area contributed by atoms with Crippen molar-refractivity contribution in [1.29, 1.82) is 0 Å². The summed E-state index contributed by atoms with van der Waals surface area (Å²) in [5.41, 5.74) is 0. The van der Waals surface area contributed by atoms with Crippen LogP contribution in [0.15, 0.2) is 0 Å². The monoisotopic (exact) mass is 172 g/mol. The van der Waals surface area contributed by atoms with Crippen molar-refractivity contribution in [3.8, 4) is 0 Å². The van der Waals surface area contributed by atoms with Gasteiger partial charge in [-0.1, -0.05) is 0 Å². The fourth-order valence-corrected chi connectivity index (χ4v) is 1.32. The topological polar surface area (TPSA) is 50.4 Å². The number of likely N-dealkylation sites (N-methyl/N-ethyl adjacent to an activating group) is 1. The minimum Gasteiger partial charge on any atom is -0.381 e. The van der Waals surface area contributed by atoms with Crippen LogP contribution in [0.3, 0.4) is 0 Å². The molecular formula is C8H16N2O2. The van der Waals surface area contributed by atoms with Crippen molar-refractivity contribution in [3.63, 3.8) is 0 Å². The van der Waals surface area contributed by atoms with E-state index < -0.39 is 0 Å². The summed E-state index contributed by atoms with van der Waals surface area (Å²) in [4.78, 5) is 11.0. The summed E-state index contributed by atoms with van der Waals surface area (Å²) < 4.78 is 5.09. The lowest BCUT2D eigenvalue weighted by molar-refractivity contribution is -0.122. The normalized spacial score (nSPS) is 27.8. The van der Waals surface area contributed by atoms with Crippen LogP contribution in [0.5, 0.6) is 0 Å². The predicted octanol–water partition coefficient (Wildman–Crippen LogP) is -0.501. The van der Waals surface area contributed by atoms with Gasteiger partial charge < -0.3 is 15.4 Å². The molecule has 4 nitrogen and oxygen atoms in total. The second-order valence-corrected chi connectivity index (χ2v) is 3.12. The van der Waals surface area contributed by atoms with Crippen LogP contribution < -0.4 is 10.6 Å². The van der Waals surface area contributed by atoms with Gasteiger partial charge in [0, 0.05) is 13.2 Å². The summed E-state index contributed by atoms with van der Waals surface area (Å²) in [5.74, 6) is 0.0667. The average Bonchev–Trinajstić information content (AvgIpc) is 1.96. The summed E-state index contributed by atoms with van der Waals surface area (Å²) in [7, 11) is 3.47. The number of nitrogens with one attached hydrogen (secondary N) is 2. The molecular weight excluding hydrogens is 156 g/mol. The maximum Gasteiger partial charge on any atom is 0.234 e. The molecule has 0 atom stereocenters. The van der Waals surface area contributed by atoms with Crippen molar-refractivity contribution in [1.82, 2.24) is 10.6 Å². The smallest absolute Gasteiger partial charge is 0.234 e. The molecule has 1 aliphatic carbocycles. The zero-order valence-electron chi connectivity index (χ0n) is 7.59. The van der Waals surface area contributed by atoms with Gasteiger partial charge in [-0.05, 0) is 19.9 Å². The Morgan fingerprint density at radius 3 is 2.75 bits per heavy atom. The van der Waals surface area contributed by atoms with Gasteiger partial charge in [0.15, 0.2) is 0 Å². The molecule has 1 amide bonds. The molecule has 0 aromatic carbocycles. The maximum absolute atomic E-state index is 11.0. The maximum atomic E-state index is 11.0. The minimum absolute atomic E-state index is 0.0667. The Balaban J connectivity index is 2.06. The highest BCUT2D eigenvalue weighted by atomic mass is 16.5. The first-order valence-corrected chi connectivity index (χ1v) is 4.23. The first-order valence-electron chi connectivity index (χ1n) is 4.23. The van der Waals surface area contributed by atoms with Crippen molar-refractivity contribution in [2.75, 3.05) is 20.7 Å². The number of amides is 1. The van der Waals surface area contributed by atoms with Crippen LogP contribution in [0.4, 0.5) is 0 Å². The van der Waals surface area contributed by atoms with E-state index in [1.165, 1.54) is 0 Å². The van der Waals surface area contributed by atoms with E-state index in [0.717, 1.165) is 12.8 Å². The van der Waals surface area contributed by atoms with Crippen LogP contribution in [0, 0.1) is 0 Å². The molecule has 1 saturated carbocycles. The third-order valence-electron chi connectivity index (χ3n) is 2.13. The third-order valence-corrected chi connectivity index (χ3v) is 2.13. The van der Waals surface area contributed by atoms with E-state index in [1.54, 1.807) is 14.2 Å². The van der Waals surface area contributed by atoms with Gasteiger partial charge in [0.25, 0.3) is 0 Å². The van der Waals surface area contributed by atoms with Crippen molar-refractivity contribution in [2.45, 2.75) is 25.0 Å². The molecule has 0 heterocycles. The largest absolute Gasteiger partial charge is 0.381 e. The van der Waals surface area contributed by atoms with E-state index in [2.05, 4.69) is 10.6 Å². The van der Waals surface area contributed by atoms with Crippen molar-refractivity contribution in [2.24, 2.45) is 0 Å². The molecule has 0 unspecified atom stereocenters. The summed E-state index contributed by atoms with van der Waals surface area (Å²) >= 11 is 0. The van der Waals surface area contributed by atoms with E-state index in [1.807, 2.05) is 0 Å². The highest BCUT2D eigenvalue weighted by Crippen LogP contribution is 2.22. The number of carbonyl (C=O) groups excluding carboxylic acids is 1. The number of carbonyl (C=O) groups is 1. The van der Waals surface area contributed by atoms with Crippen molar-refractivity contribution < 1.29 is 9.53 Å². The van der Waals surface area contributed by atoms with Crippen LogP contribution in [-0.2, 0) is 9.53 Å². The lowest BCUT2D eigenvalue weighted by Crippen LogP contribution is -2.49. The second-order valence-electron chi connectivity index (χ2n) is 3.12. The SMILES string of the molecule is CNCC(=O)NC1CC(OC)C1. The van der Waals surface area contributed by atoms with Crippen LogP contribution in [0.25, 0.3) is 0 Å². The molecule has 0 bridgehead atoms. The molecule has 4 heteroatoms. The van der Waals surface area contributed by atoms with E-state index in [9.17, 15) is 4.79 Å². The predicted molar refractivity (Wildman–Crippen MR) is 45.9 cm³/mol. The highest BCUT2D eigenvalue weighted by molar-refractivity contribution is 5.78. The van der Waals surface area contributed by atoms with Crippen molar-refractivity contribution in [3.05, 3.63) is 0 Å². The summed E-state index contributed by atoms with van der Waals surface area (Å²) in [6.07, 6.45) is 2.25. The Labute approximate surface area is 72.7 Å². The van der Waals surface area contributed by atoms with Crippen LogP contribution >= 0.6 is 0 Å². The standard InChI is InChI=1S/C8H16N2O2/c1-9-5-8(11)10-6-3-7(4-6)12-2/h6-7,9H,3-5H2,1-2H3,(H,10,11). The number of methoxy groups -OCH3 is 1. The Hall–Kier alpha value is -0.610. The summed E-state index contributed by atoms with van der Waals surface area (Å²) in [6.45, 7) is 0.397. The average molecular weight is 172 g/mol. The van der Waals surface area contributed by atoms with Crippen LogP contribution in [0.1, 0.15) is 12.8 Å². The molecule has 0 saturated heterocycles. The molecule has 1 aliphatic rings. The molecule has 1 rings (SSSR count). The molecule has 0 radical (unpaired) electrons. The van der Waals surface area contributed by atoms with Crippen LogP contribution in [0.2, 0.25) is 0 Å². The molecule has 0 spiro atoms. The number of rotatable bonds is 4. The van der Waals surface area contributed by atoms with Gasteiger partial charge in [-0.2, -0.15) is 0 Å². The van der Waals surface area contributed by atoms with E-state index >= 15 is 0 Å². The van der Waals surface area contributed by atoms with Gasteiger partial charge in [0.1, 0.15) is 0 Å². The molecule has 2 N–H and O–H groups in total. The van der Waals surface area contributed by atoms with Gasteiger partial charge in [0.05, 0.1) is 12.6 Å². The molecule has 1 fully saturated rings. The fourth-order valence-electron chi connectivity index (χ4n) is 1.32. The zero-order chi connectivity index (χ0) is 8.97. The Bertz CT molecular complexity index is 155. The first-order chi connectivity index (χ1) is 5.76. The van der Waals surface area contributed by atoms with Gasteiger partial charge in [-0.25, -0.2) is 0 Å². The molecule has 0 aliphatic heterocycles. The van der Waals surface area contributed by atoms with E-state index in [-0.39, 0.29) is 5.91 Å². The quantitative estimate of drug-likeness (QED) is 0.601. The van der Waals surface area contributed by atoms with Crippen LogP contribution in [-0.4, -0.2) is 38.8 Å². The number of hydrogen-bond acceptors (Lipinski definition) is 3. The van der Waals surface area contributed by atoms with E-state index in [0.29, 0.717) is 18.7 Å². The minimum atomic E-state index is 0.0667. The summed E-state index contributed by atoms with van der Waals surface area (Å²) in [6, 6.07) is 0.329. The number of hydrogen-bond donors (Lipinski definition) is 2. The van der Waals surface area contributed by atoms with Gasteiger partial charge >= 0.3 is 0 Å². The van der Waals surface area contributed by atoms with Gasteiger partial charge in [-0.15, -0.1) is 0 Å².